The van der Waals surface area contributed by atoms with E-state index in [2.05, 4.69) is 43.0 Å². The first-order valence-corrected chi connectivity index (χ1v) is 23.2. The van der Waals surface area contributed by atoms with Crippen LogP contribution >= 0.6 is 0 Å². The van der Waals surface area contributed by atoms with Crippen LogP contribution in [0.3, 0.4) is 0 Å². The van der Waals surface area contributed by atoms with E-state index >= 15 is 0 Å². The summed E-state index contributed by atoms with van der Waals surface area (Å²) in [5, 5.41) is 24.9. The number of carbonyl (C=O) groups is 1. The predicted molar refractivity (Wildman–Crippen MR) is 251 cm³/mol. The van der Waals surface area contributed by atoms with Gasteiger partial charge < -0.3 is 34.0 Å². The highest BCUT2D eigenvalue weighted by molar-refractivity contribution is 6.03. The number of unbranched alkanes of at least 4 members (excludes halogenated alkanes) is 2. The summed E-state index contributed by atoms with van der Waals surface area (Å²) >= 11 is 0. The van der Waals surface area contributed by atoms with Crippen molar-refractivity contribution in [2.24, 2.45) is 22.9 Å². The van der Waals surface area contributed by atoms with E-state index in [1.54, 1.807) is 11.0 Å². The van der Waals surface area contributed by atoms with E-state index in [-0.39, 0.29) is 50.6 Å². The molecule has 1 saturated carbocycles. The van der Waals surface area contributed by atoms with Crippen molar-refractivity contribution >= 4 is 11.8 Å². The Balaban J connectivity index is 1.39. The minimum Gasteiger partial charge on any atom is -0.459 e. The lowest BCUT2D eigenvalue weighted by atomic mass is 9.55. The molecule has 10 heteroatoms. The molecular weight excluding hydrogens is 805 g/mol. The summed E-state index contributed by atoms with van der Waals surface area (Å²) in [5.41, 5.74) is 5.23. The van der Waals surface area contributed by atoms with Gasteiger partial charge in [-0.25, -0.2) is 4.79 Å². The van der Waals surface area contributed by atoms with E-state index in [0.29, 0.717) is 43.1 Å². The van der Waals surface area contributed by atoms with Gasteiger partial charge in [0.05, 0.1) is 18.2 Å². The molecule has 64 heavy (non-hydrogen) atoms. The highest BCUT2D eigenvalue weighted by atomic mass is 16.7. The lowest BCUT2D eigenvalue weighted by molar-refractivity contribution is -0.255. The Bertz CT molecular complexity index is 2200. The van der Waals surface area contributed by atoms with Gasteiger partial charge in [-0.05, 0) is 117 Å². The maximum absolute atomic E-state index is 14.6. The first-order chi connectivity index (χ1) is 31.1. The van der Waals surface area contributed by atoms with Gasteiger partial charge in [0.2, 0.25) is 5.79 Å². The second-order valence-corrected chi connectivity index (χ2v) is 18.2. The third-order valence-corrected chi connectivity index (χ3v) is 12.6. The molecule has 4 aromatic rings. The SMILES string of the molecule is C=CCOC12Oc3ccc(Oc4ccc(-c5ccccc5)cc4)cc3C3C(CCCCO)C(CCCCO)C=C(C(=NOC(C)(C)C)CC1N(CCC)C(=O)OCc1ccccc1)C32. The number of rotatable bonds is 20. The minimum atomic E-state index is -1.39. The third-order valence-electron chi connectivity index (χ3n) is 12.6. The van der Waals surface area contributed by atoms with Crippen LogP contribution in [0.15, 0.2) is 133 Å². The van der Waals surface area contributed by atoms with Gasteiger partial charge in [-0.3, -0.25) is 4.90 Å². The zero-order chi connectivity index (χ0) is 45.1. The molecule has 6 atom stereocenters. The molecule has 10 nitrogen and oxygen atoms in total. The molecule has 7 rings (SSSR count). The number of allylic oxidation sites excluding steroid dienone is 1. The fourth-order valence-corrected chi connectivity index (χ4v) is 9.80. The van der Waals surface area contributed by atoms with Crippen molar-refractivity contribution in [3.63, 3.8) is 0 Å². The Morgan fingerprint density at radius 3 is 2.23 bits per heavy atom. The minimum absolute atomic E-state index is 0.0712. The molecule has 1 fully saturated rings. The molecule has 340 valence electrons. The summed E-state index contributed by atoms with van der Waals surface area (Å²) in [5.74, 6) is 0.177. The normalized spacial score (nSPS) is 22.9. The molecule has 2 aliphatic carbocycles. The van der Waals surface area contributed by atoms with Gasteiger partial charge in [-0.1, -0.05) is 110 Å². The van der Waals surface area contributed by atoms with Gasteiger partial charge in [0.25, 0.3) is 0 Å². The molecule has 0 radical (unpaired) electrons. The van der Waals surface area contributed by atoms with Crippen molar-refractivity contribution < 1.29 is 38.8 Å². The average molecular weight is 871 g/mol. The van der Waals surface area contributed by atoms with Crippen LogP contribution in [0, 0.1) is 17.8 Å². The molecule has 0 bridgehead atoms. The van der Waals surface area contributed by atoms with E-state index in [0.717, 1.165) is 59.2 Å². The molecule has 6 unspecified atom stereocenters. The summed E-state index contributed by atoms with van der Waals surface area (Å²) in [4.78, 5) is 22.6. The van der Waals surface area contributed by atoms with Crippen molar-refractivity contribution in [3.05, 3.63) is 139 Å². The molecule has 4 aromatic carbocycles. The highest BCUT2D eigenvalue weighted by Crippen LogP contribution is 2.62. The quantitative estimate of drug-likeness (QED) is 0.0512. The standard InChI is InChI=1S/C54H66N2O8/c1-6-30-56(52(59)60-37-38-18-10-8-11-19-38)49-36-47(55-64-53(3,4)5)45-34-41(22-14-16-31-57)44(23-15-17-32-58)50-46-35-43(28-29-48(46)63-54(49,51(45)50)61-33-7-2)62-42-26-24-40(25-27-42)39-20-12-9-13-21-39/h7-13,18-21,24-29,34-35,41,44,49-51,57-58H,2,6,14-17,22-23,30-33,36-37H2,1,3-5H3. The molecule has 2 N–H and O–H groups in total. The van der Waals surface area contributed by atoms with Crippen LogP contribution in [-0.2, 0) is 20.9 Å². The number of nitrogens with zero attached hydrogens (tertiary/aromatic N) is 2. The summed E-state index contributed by atoms with van der Waals surface area (Å²) in [6.45, 7) is 12.9. The molecule has 1 amide bonds. The maximum atomic E-state index is 14.6. The zero-order valence-corrected chi connectivity index (χ0v) is 38.0. The van der Waals surface area contributed by atoms with Crippen LogP contribution in [-0.4, -0.2) is 70.7 Å². The van der Waals surface area contributed by atoms with E-state index in [1.165, 1.54) is 0 Å². The van der Waals surface area contributed by atoms with Gasteiger partial charge in [-0.15, -0.1) is 6.58 Å². The number of aliphatic hydroxyl groups excluding tert-OH is 2. The summed E-state index contributed by atoms with van der Waals surface area (Å²) in [6.07, 6.45) is 9.26. The Hall–Kier alpha value is -5.42. The number of hydrogen-bond acceptors (Lipinski definition) is 9. The second kappa shape index (κ2) is 21.5. The lowest BCUT2D eigenvalue weighted by Gasteiger charge is -2.60. The molecular formula is C54H66N2O8. The lowest BCUT2D eigenvalue weighted by Crippen LogP contribution is -2.70. The topological polar surface area (TPSA) is 119 Å². The van der Waals surface area contributed by atoms with Crippen LogP contribution in [0.4, 0.5) is 4.79 Å². The van der Waals surface area contributed by atoms with Crippen molar-refractivity contribution in [1.29, 1.82) is 0 Å². The van der Waals surface area contributed by atoms with E-state index in [1.807, 2.05) is 100 Å². The maximum Gasteiger partial charge on any atom is 0.410 e. The van der Waals surface area contributed by atoms with Gasteiger partial charge >= 0.3 is 6.09 Å². The molecule has 3 aliphatic rings. The van der Waals surface area contributed by atoms with Crippen LogP contribution in [0.1, 0.15) is 96.1 Å². The molecule has 0 saturated heterocycles. The van der Waals surface area contributed by atoms with Gasteiger partial charge in [0.15, 0.2) is 0 Å². The monoisotopic (exact) mass is 870 g/mol. The Morgan fingerprint density at radius 2 is 1.56 bits per heavy atom. The fraction of sp³-hybridized carbons (Fsp3) is 0.444. The number of carbonyl (C=O) groups excluding carboxylic acids is 1. The zero-order valence-electron chi connectivity index (χ0n) is 38.0. The molecule has 1 aliphatic heterocycles. The van der Waals surface area contributed by atoms with Crippen molar-refractivity contribution in [2.45, 2.75) is 109 Å². The van der Waals surface area contributed by atoms with E-state index in [4.69, 9.17) is 28.9 Å². The van der Waals surface area contributed by atoms with E-state index in [9.17, 15) is 15.0 Å². The van der Waals surface area contributed by atoms with Gasteiger partial charge in [0, 0.05) is 37.7 Å². The molecule has 0 aromatic heterocycles. The molecule has 0 spiro atoms. The largest absolute Gasteiger partial charge is 0.459 e. The number of benzene rings is 4. The average Bonchev–Trinajstić information content (AvgIpc) is 3.30. The van der Waals surface area contributed by atoms with Crippen molar-refractivity contribution in [3.8, 4) is 28.4 Å². The predicted octanol–water partition coefficient (Wildman–Crippen LogP) is 11.6. The highest BCUT2D eigenvalue weighted by Gasteiger charge is 2.65. The van der Waals surface area contributed by atoms with Crippen molar-refractivity contribution in [2.75, 3.05) is 26.4 Å². The number of ether oxygens (including phenoxy) is 4. The van der Waals surface area contributed by atoms with Crippen LogP contribution in [0.25, 0.3) is 11.1 Å². The van der Waals surface area contributed by atoms with Crippen LogP contribution in [0.5, 0.6) is 17.2 Å². The van der Waals surface area contributed by atoms with Gasteiger partial charge in [0.1, 0.15) is 35.5 Å². The number of hydrogen-bond donors (Lipinski definition) is 2. The fourth-order valence-electron chi connectivity index (χ4n) is 9.80. The number of fused-ring (bicyclic) bond motifs is 2. The van der Waals surface area contributed by atoms with Crippen LogP contribution < -0.4 is 9.47 Å². The first kappa shape index (κ1) is 46.6. The van der Waals surface area contributed by atoms with E-state index < -0.39 is 29.4 Å². The third kappa shape index (κ3) is 10.7. The van der Waals surface area contributed by atoms with Crippen molar-refractivity contribution in [1.82, 2.24) is 4.90 Å². The second-order valence-electron chi connectivity index (χ2n) is 18.2. The summed E-state index contributed by atoms with van der Waals surface area (Å²) in [6, 6.07) is 33.4. The number of aliphatic hydroxyl groups is 2. The Kier molecular flexibility index (Phi) is 15.6. The van der Waals surface area contributed by atoms with Gasteiger partial charge in [-0.2, -0.15) is 0 Å². The number of amides is 1. The number of oxime groups is 1. The smallest absolute Gasteiger partial charge is 0.410 e. The molecule has 1 heterocycles. The summed E-state index contributed by atoms with van der Waals surface area (Å²) in [7, 11) is 0. The Labute approximate surface area is 379 Å². The van der Waals surface area contributed by atoms with Crippen LogP contribution in [0.2, 0.25) is 0 Å². The summed E-state index contributed by atoms with van der Waals surface area (Å²) < 4.78 is 27.3. The Morgan fingerprint density at radius 1 is 0.891 bits per heavy atom. The first-order valence-electron chi connectivity index (χ1n) is 23.2.